The van der Waals surface area contributed by atoms with Crippen LogP contribution < -0.4 is 0 Å². The number of carbonyl (C=O) groups is 1. The van der Waals surface area contributed by atoms with E-state index in [1.165, 1.54) is 0 Å². The fourth-order valence-electron chi connectivity index (χ4n) is 1.22. The molecule has 0 N–H and O–H groups in total. The molecule has 0 aliphatic carbocycles. The number of ether oxygens (including phenoxy) is 1. The van der Waals surface area contributed by atoms with Crippen LogP contribution in [-0.4, -0.2) is 24.2 Å². The van der Waals surface area contributed by atoms with E-state index in [0.717, 1.165) is 19.4 Å². The molecule has 0 aromatic carbocycles. The Balaban J connectivity index is 2.35. The number of rotatable bonds is 4. The maximum absolute atomic E-state index is 11.3. The molecule has 68 valence electrons. The first kappa shape index (κ1) is 9.81. The van der Waals surface area contributed by atoms with Gasteiger partial charge in [0.05, 0.1) is 4.75 Å². The molecule has 0 aromatic rings. The van der Waals surface area contributed by atoms with Crippen LogP contribution in [0.15, 0.2) is 11.5 Å². The predicted octanol–water partition coefficient (Wildman–Crippen LogP) is 2.00. The van der Waals surface area contributed by atoms with Gasteiger partial charge < -0.3 is 4.74 Å². The van der Waals surface area contributed by atoms with Crippen LogP contribution in [0.3, 0.4) is 0 Å². The summed E-state index contributed by atoms with van der Waals surface area (Å²) in [5.74, 6) is 0.239. The van der Waals surface area contributed by atoms with Crippen molar-refractivity contribution in [1.29, 1.82) is 0 Å². The maximum Gasteiger partial charge on any atom is 0.172 e. The van der Waals surface area contributed by atoms with Crippen molar-refractivity contribution >= 4 is 17.5 Å². The molecular weight excluding hydrogens is 172 g/mol. The smallest absolute Gasteiger partial charge is 0.172 e. The minimum Gasteiger partial charge on any atom is -0.385 e. The standard InChI is InChI=1S/C9H14O2S/c1-9(5-3-6-11-2)8(10)4-7-12-9/h4,7H,3,5-6H2,1-2H3. The molecule has 0 amide bonds. The highest BCUT2D eigenvalue weighted by Crippen LogP contribution is 2.36. The Morgan fingerprint density at radius 2 is 2.42 bits per heavy atom. The number of ketones is 1. The molecule has 1 atom stereocenters. The van der Waals surface area contributed by atoms with E-state index < -0.39 is 0 Å². The van der Waals surface area contributed by atoms with Gasteiger partial charge in [0.1, 0.15) is 0 Å². The van der Waals surface area contributed by atoms with E-state index in [1.54, 1.807) is 24.9 Å². The summed E-state index contributed by atoms with van der Waals surface area (Å²) in [6.07, 6.45) is 3.52. The normalized spacial score (nSPS) is 28.3. The Hall–Kier alpha value is -0.280. The highest BCUT2D eigenvalue weighted by Gasteiger charge is 2.33. The van der Waals surface area contributed by atoms with Gasteiger partial charge in [-0.2, -0.15) is 0 Å². The van der Waals surface area contributed by atoms with Gasteiger partial charge in [-0.1, -0.05) is 0 Å². The molecule has 1 rings (SSSR count). The third kappa shape index (κ3) is 2.11. The SMILES string of the molecule is COCCCC1(C)SC=CC1=O. The summed E-state index contributed by atoms with van der Waals surface area (Å²) in [6, 6.07) is 0. The van der Waals surface area contributed by atoms with E-state index in [-0.39, 0.29) is 10.5 Å². The van der Waals surface area contributed by atoms with E-state index in [0.29, 0.717) is 0 Å². The van der Waals surface area contributed by atoms with Crippen molar-refractivity contribution in [3.05, 3.63) is 11.5 Å². The number of hydrogen-bond acceptors (Lipinski definition) is 3. The molecule has 1 heterocycles. The number of methoxy groups -OCH3 is 1. The monoisotopic (exact) mass is 186 g/mol. The summed E-state index contributed by atoms with van der Waals surface area (Å²) in [4.78, 5) is 11.3. The van der Waals surface area contributed by atoms with Crippen molar-refractivity contribution in [2.45, 2.75) is 24.5 Å². The first-order valence-corrected chi connectivity index (χ1v) is 4.95. The van der Waals surface area contributed by atoms with Gasteiger partial charge in [0.25, 0.3) is 0 Å². The van der Waals surface area contributed by atoms with Gasteiger partial charge in [-0.15, -0.1) is 11.8 Å². The Morgan fingerprint density at radius 3 is 2.92 bits per heavy atom. The average Bonchev–Trinajstić information content (AvgIpc) is 2.34. The van der Waals surface area contributed by atoms with Crippen LogP contribution in [0.5, 0.6) is 0 Å². The lowest BCUT2D eigenvalue weighted by molar-refractivity contribution is -0.116. The predicted molar refractivity (Wildman–Crippen MR) is 51.3 cm³/mol. The van der Waals surface area contributed by atoms with E-state index in [4.69, 9.17) is 4.74 Å². The van der Waals surface area contributed by atoms with Crippen molar-refractivity contribution in [3.63, 3.8) is 0 Å². The average molecular weight is 186 g/mol. The Labute approximate surface area is 77.4 Å². The van der Waals surface area contributed by atoms with Crippen LogP contribution in [0.2, 0.25) is 0 Å². The van der Waals surface area contributed by atoms with Gasteiger partial charge in [0, 0.05) is 13.7 Å². The molecule has 0 fully saturated rings. The molecule has 0 radical (unpaired) electrons. The number of hydrogen-bond donors (Lipinski definition) is 0. The molecule has 0 saturated carbocycles. The fraction of sp³-hybridized carbons (Fsp3) is 0.667. The quantitative estimate of drug-likeness (QED) is 0.628. The molecule has 0 aromatic heterocycles. The van der Waals surface area contributed by atoms with Crippen LogP contribution in [0.1, 0.15) is 19.8 Å². The van der Waals surface area contributed by atoms with Gasteiger partial charge >= 0.3 is 0 Å². The van der Waals surface area contributed by atoms with E-state index >= 15 is 0 Å². The lowest BCUT2D eigenvalue weighted by Crippen LogP contribution is -2.26. The first-order valence-electron chi connectivity index (χ1n) is 4.07. The highest BCUT2D eigenvalue weighted by atomic mass is 32.2. The lowest BCUT2D eigenvalue weighted by atomic mass is 10.00. The highest BCUT2D eigenvalue weighted by molar-refractivity contribution is 8.04. The van der Waals surface area contributed by atoms with Crippen molar-refractivity contribution in [1.82, 2.24) is 0 Å². The second-order valence-electron chi connectivity index (χ2n) is 3.11. The van der Waals surface area contributed by atoms with Crippen molar-refractivity contribution in [2.24, 2.45) is 0 Å². The summed E-state index contributed by atoms with van der Waals surface area (Å²) in [5, 5.41) is 1.88. The number of allylic oxidation sites excluding steroid dienone is 1. The van der Waals surface area contributed by atoms with Crippen LogP contribution in [-0.2, 0) is 9.53 Å². The van der Waals surface area contributed by atoms with Crippen molar-refractivity contribution in [2.75, 3.05) is 13.7 Å². The van der Waals surface area contributed by atoms with E-state index in [9.17, 15) is 4.79 Å². The molecule has 2 nitrogen and oxygen atoms in total. The minimum absolute atomic E-state index is 0.210. The zero-order valence-electron chi connectivity index (χ0n) is 7.50. The Morgan fingerprint density at radius 1 is 1.67 bits per heavy atom. The minimum atomic E-state index is -0.210. The molecular formula is C9H14O2S. The summed E-state index contributed by atoms with van der Waals surface area (Å²) in [5.41, 5.74) is 0. The molecule has 1 aliphatic rings. The van der Waals surface area contributed by atoms with E-state index in [2.05, 4.69) is 0 Å². The van der Waals surface area contributed by atoms with Crippen molar-refractivity contribution in [3.8, 4) is 0 Å². The second kappa shape index (κ2) is 4.10. The summed E-state index contributed by atoms with van der Waals surface area (Å²) in [6.45, 7) is 2.74. The Kier molecular flexibility index (Phi) is 3.35. The van der Waals surface area contributed by atoms with Crippen LogP contribution >= 0.6 is 11.8 Å². The van der Waals surface area contributed by atoms with Crippen LogP contribution in [0.4, 0.5) is 0 Å². The molecule has 1 aliphatic heterocycles. The van der Waals surface area contributed by atoms with Gasteiger partial charge in [0.2, 0.25) is 0 Å². The zero-order valence-corrected chi connectivity index (χ0v) is 8.32. The Bertz CT molecular complexity index is 201. The number of carbonyl (C=O) groups excluding carboxylic acids is 1. The molecule has 0 saturated heterocycles. The number of thioether (sulfide) groups is 1. The summed E-state index contributed by atoms with van der Waals surface area (Å²) in [7, 11) is 1.68. The maximum atomic E-state index is 11.3. The first-order chi connectivity index (χ1) is 5.69. The van der Waals surface area contributed by atoms with Gasteiger partial charge in [0.15, 0.2) is 5.78 Å². The molecule has 3 heteroatoms. The second-order valence-corrected chi connectivity index (χ2v) is 4.52. The molecule has 0 bridgehead atoms. The summed E-state index contributed by atoms with van der Waals surface area (Å²) < 4.78 is 4.73. The lowest BCUT2D eigenvalue weighted by Gasteiger charge is -2.19. The van der Waals surface area contributed by atoms with Gasteiger partial charge in [-0.3, -0.25) is 4.79 Å². The van der Waals surface area contributed by atoms with Crippen LogP contribution in [0, 0.1) is 0 Å². The van der Waals surface area contributed by atoms with Crippen molar-refractivity contribution < 1.29 is 9.53 Å². The molecule has 0 spiro atoms. The van der Waals surface area contributed by atoms with Gasteiger partial charge in [-0.05, 0) is 31.2 Å². The molecule has 1 unspecified atom stereocenters. The van der Waals surface area contributed by atoms with E-state index in [1.807, 2.05) is 12.3 Å². The summed E-state index contributed by atoms with van der Waals surface area (Å²) >= 11 is 1.62. The van der Waals surface area contributed by atoms with Gasteiger partial charge in [-0.25, -0.2) is 0 Å². The largest absolute Gasteiger partial charge is 0.385 e. The zero-order chi connectivity index (χ0) is 9.03. The molecule has 12 heavy (non-hydrogen) atoms. The topological polar surface area (TPSA) is 26.3 Å². The van der Waals surface area contributed by atoms with Crippen LogP contribution in [0.25, 0.3) is 0 Å². The third-order valence-electron chi connectivity index (χ3n) is 2.07. The fourth-order valence-corrected chi connectivity index (χ4v) is 2.15. The third-order valence-corrected chi connectivity index (χ3v) is 3.27.